The van der Waals surface area contributed by atoms with Crippen molar-refractivity contribution in [2.45, 2.75) is 44.2 Å². The maximum Gasteiger partial charge on any atom is 0.224 e. The number of halogens is 1. The maximum atomic E-state index is 13.0. The van der Waals surface area contributed by atoms with Gasteiger partial charge in [-0.15, -0.1) is 0 Å². The van der Waals surface area contributed by atoms with Crippen LogP contribution in [0.25, 0.3) is 0 Å². The molecule has 4 rings (SSSR count). The van der Waals surface area contributed by atoms with Crippen LogP contribution in [0.3, 0.4) is 0 Å². The van der Waals surface area contributed by atoms with Crippen LogP contribution in [0.5, 0.6) is 0 Å². The fourth-order valence-electron chi connectivity index (χ4n) is 3.78. The minimum Gasteiger partial charge on any atom is -0.442 e. The quantitative estimate of drug-likeness (QED) is 0.856. The van der Waals surface area contributed by atoms with E-state index >= 15 is 0 Å². The Morgan fingerprint density at radius 3 is 2.75 bits per heavy atom. The third kappa shape index (κ3) is 3.52. The standard InChI is InChI=1S/C19H23FN2O2/c20-15-7-5-14(6-8-15)11-17-12-21-19(24-17)18-13-22(9-10-23-18)16-3-1-2-4-16/h5-8,12,16,18H,1-4,9-11,13H2/t18-/m0/s1. The molecule has 0 amide bonds. The zero-order valence-corrected chi connectivity index (χ0v) is 13.8. The summed E-state index contributed by atoms with van der Waals surface area (Å²) in [7, 11) is 0. The molecule has 0 unspecified atom stereocenters. The Kier molecular flexibility index (Phi) is 4.63. The van der Waals surface area contributed by atoms with Crippen LogP contribution >= 0.6 is 0 Å². The lowest BCUT2D eigenvalue weighted by molar-refractivity contribution is -0.0557. The van der Waals surface area contributed by atoms with Gasteiger partial charge in [0.05, 0.1) is 12.8 Å². The molecule has 0 bridgehead atoms. The first-order chi connectivity index (χ1) is 11.8. The van der Waals surface area contributed by atoms with Gasteiger partial charge in [0.25, 0.3) is 0 Å². The van der Waals surface area contributed by atoms with E-state index in [-0.39, 0.29) is 11.9 Å². The first kappa shape index (κ1) is 15.8. The molecule has 1 aliphatic carbocycles. The van der Waals surface area contributed by atoms with Gasteiger partial charge in [-0.1, -0.05) is 25.0 Å². The number of nitrogens with zero attached hydrogens (tertiary/aromatic N) is 2. The molecule has 128 valence electrons. The van der Waals surface area contributed by atoms with E-state index in [1.165, 1.54) is 37.8 Å². The molecular formula is C19H23FN2O2. The monoisotopic (exact) mass is 330 g/mol. The molecule has 4 nitrogen and oxygen atoms in total. The fourth-order valence-corrected chi connectivity index (χ4v) is 3.78. The second kappa shape index (κ2) is 7.03. The Morgan fingerprint density at radius 1 is 1.17 bits per heavy atom. The SMILES string of the molecule is Fc1ccc(Cc2cnc([C@@H]3CN(C4CCCC4)CCO3)o2)cc1. The smallest absolute Gasteiger partial charge is 0.224 e. The molecule has 2 aliphatic rings. The summed E-state index contributed by atoms with van der Waals surface area (Å²) in [6, 6.07) is 7.18. The van der Waals surface area contributed by atoms with Crippen molar-refractivity contribution in [3.8, 4) is 0 Å². The number of hydrogen-bond acceptors (Lipinski definition) is 4. The van der Waals surface area contributed by atoms with Crippen LogP contribution in [0.4, 0.5) is 4.39 Å². The van der Waals surface area contributed by atoms with Crippen molar-refractivity contribution in [2.75, 3.05) is 19.7 Å². The fraction of sp³-hybridized carbons (Fsp3) is 0.526. The number of aromatic nitrogens is 1. The van der Waals surface area contributed by atoms with Gasteiger partial charge >= 0.3 is 0 Å². The van der Waals surface area contributed by atoms with Gasteiger partial charge in [-0.2, -0.15) is 0 Å². The predicted molar refractivity (Wildman–Crippen MR) is 88.2 cm³/mol. The van der Waals surface area contributed by atoms with E-state index in [2.05, 4.69) is 9.88 Å². The van der Waals surface area contributed by atoms with E-state index in [1.54, 1.807) is 18.3 Å². The van der Waals surface area contributed by atoms with Crippen LogP contribution < -0.4 is 0 Å². The summed E-state index contributed by atoms with van der Waals surface area (Å²) in [4.78, 5) is 6.95. The van der Waals surface area contributed by atoms with Gasteiger partial charge in [0, 0.05) is 25.6 Å². The first-order valence-corrected chi connectivity index (χ1v) is 8.82. The summed E-state index contributed by atoms with van der Waals surface area (Å²) in [5.41, 5.74) is 1.01. The van der Waals surface area contributed by atoms with Gasteiger partial charge in [0.15, 0.2) is 0 Å². The Labute approximate surface area is 141 Å². The van der Waals surface area contributed by atoms with Crippen LogP contribution in [0.15, 0.2) is 34.9 Å². The molecule has 5 heteroatoms. The predicted octanol–water partition coefficient (Wildman–Crippen LogP) is 3.72. The number of rotatable bonds is 4. The number of morpholine rings is 1. The highest BCUT2D eigenvalue weighted by molar-refractivity contribution is 5.20. The summed E-state index contributed by atoms with van der Waals surface area (Å²) in [6.07, 6.45) is 7.58. The lowest BCUT2D eigenvalue weighted by Crippen LogP contribution is -2.43. The van der Waals surface area contributed by atoms with E-state index in [1.807, 2.05) is 0 Å². The summed E-state index contributed by atoms with van der Waals surface area (Å²) in [5.74, 6) is 1.23. The molecule has 2 heterocycles. The van der Waals surface area contributed by atoms with Crippen molar-refractivity contribution in [3.05, 3.63) is 53.5 Å². The number of benzene rings is 1. The molecule has 24 heavy (non-hydrogen) atoms. The van der Waals surface area contributed by atoms with Gasteiger partial charge < -0.3 is 9.15 Å². The van der Waals surface area contributed by atoms with Crippen molar-refractivity contribution in [1.82, 2.24) is 9.88 Å². The Morgan fingerprint density at radius 2 is 1.96 bits per heavy atom. The van der Waals surface area contributed by atoms with Crippen molar-refractivity contribution >= 4 is 0 Å². The van der Waals surface area contributed by atoms with E-state index in [0.29, 0.717) is 18.4 Å². The van der Waals surface area contributed by atoms with E-state index in [4.69, 9.17) is 9.15 Å². The molecular weight excluding hydrogens is 307 g/mol. The van der Waals surface area contributed by atoms with Crippen LogP contribution in [-0.2, 0) is 11.2 Å². The zero-order chi connectivity index (χ0) is 16.4. The largest absolute Gasteiger partial charge is 0.442 e. The maximum absolute atomic E-state index is 13.0. The molecule has 1 atom stereocenters. The van der Waals surface area contributed by atoms with Crippen molar-refractivity contribution in [2.24, 2.45) is 0 Å². The van der Waals surface area contributed by atoms with E-state index in [0.717, 1.165) is 31.0 Å². The summed E-state index contributed by atoms with van der Waals surface area (Å²) in [5, 5.41) is 0. The normalized spacial score (nSPS) is 23.0. The second-order valence-electron chi connectivity index (χ2n) is 6.76. The number of oxazole rings is 1. The Balaban J connectivity index is 1.41. The molecule has 0 radical (unpaired) electrons. The van der Waals surface area contributed by atoms with Gasteiger partial charge in [0.2, 0.25) is 5.89 Å². The molecule has 2 aromatic rings. The average molecular weight is 330 g/mol. The van der Waals surface area contributed by atoms with Crippen LogP contribution in [0.2, 0.25) is 0 Å². The Bertz CT molecular complexity index is 664. The van der Waals surface area contributed by atoms with Gasteiger partial charge in [-0.25, -0.2) is 9.37 Å². The lowest BCUT2D eigenvalue weighted by atomic mass is 10.1. The first-order valence-electron chi connectivity index (χ1n) is 8.82. The molecule has 0 N–H and O–H groups in total. The third-order valence-corrected chi connectivity index (χ3v) is 5.08. The minimum atomic E-state index is -0.223. The van der Waals surface area contributed by atoms with Gasteiger partial charge in [-0.05, 0) is 30.5 Å². The summed E-state index contributed by atoms with van der Waals surface area (Å²) >= 11 is 0. The molecule has 1 aromatic heterocycles. The van der Waals surface area contributed by atoms with Crippen molar-refractivity contribution in [1.29, 1.82) is 0 Å². The highest BCUT2D eigenvalue weighted by Gasteiger charge is 2.31. The summed E-state index contributed by atoms with van der Waals surface area (Å²) in [6.45, 7) is 2.60. The second-order valence-corrected chi connectivity index (χ2v) is 6.76. The molecule has 1 saturated carbocycles. The van der Waals surface area contributed by atoms with Crippen LogP contribution in [0, 0.1) is 5.82 Å². The van der Waals surface area contributed by atoms with Gasteiger partial charge in [0.1, 0.15) is 17.7 Å². The van der Waals surface area contributed by atoms with Crippen molar-refractivity contribution in [3.63, 3.8) is 0 Å². The molecule has 1 saturated heterocycles. The lowest BCUT2D eigenvalue weighted by Gasteiger charge is -2.35. The third-order valence-electron chi connectivity index (χ3n) is 5.08. The molecule has 0 spiro atoms. The number of hydrogen-bond donors (Lipinski definition) is 0. The van der Waals surface area contributed by atoms with Crippen LogP contribution in [0.1, 0.15) is 49.0 Å². The zero-order valence-electron chi connectivity index (χ0n) is 13.8. The van der Waals surface area contributed by atoms with E-state index < -0.39 is 0 Å². The highest BCUT2D eigenvalue weighted by Crippen LogP contribution is 2.29. The minimum absolute atomic E-state index is 0.0821. The average Bonchev–Trinajstić information content (AvgIpc) is 3.29. The highest BCUT2D eigenvalue weighted by atomic mass is 19.1. The van der Waals surface area contributed by atoms with Gasteiger partial charge in [-0.3, -0.25) is 4.90 Å². The van der Waals surface area contributed by atoms with E-state index in [9.17, 15) is 4.39 Å². The molecule has 1 aliphatic heterocycles. The summed E-state index contributed by atoms with van der Waals surface area (Å²) < 4.78 is 24.8. The number of ether oxygens (including phenoxy) is 1. The molecule has 2 fully saturated rings. The van der Waals surface area contributed by atoms with Crippen molar-refractivity contribution < 1.29 is 13.5 Å². The topological polar surface area (TPSA) is 38.5 Å². The molecule has 1 aromatic carbocycles. The van der Waals surface area contributed by atoms with Crippen LogP contribution in [-0.4, -0.2) is 35.6 Å². The Hall–Kier alpha value is -1.72.